The fraction of sp³-hybridized carbons (Fsp3) is 0.263. The summed E-state index contributed by atoms with van der Waals surface area (Å²) in [6.45, 7) is 3.30. The first-order valence-corrected chi connectivity index (χ1v) is 8.85. The average molecular weight is 371 g/mol. The molecule has 1 saturated heterocycles. The number of rotatable bonds is 4. The van der Waals surface area contributed by atoms with Gasteiger partial charge in [0.05, 0.1) is 17.8 Å². The van der Waals surface area contributed by atoms with Gasteiger partial charge in [-0.05, 0) is 36.4 Å². The van der Waals surface area contributed by atoms with Gasteiger partial charge in [-0.1, -0.05) is 28.9 Å². The molecule has 1 fully saturated rings. The van der Waals surface area contributed by atoms with Crippen LogP contribution in [0.3, 0.4) is 0 Å². The largest absolute Gasteiger partial charge is 0.497 e. The van der Waals surface area contributed by atoms with Crippen LogP contribution in [0.25, 0.3) is 11.4 Å². The molecule has 0 N–H and O–H groups in total. The second-order valence-electron chi connectivity index (χ2n) is 6.05. The number of nitrogens with zero attached hydrogens (tertiary/aromatic N) is 4. The highest BCUT2D eigenvalue weighted by Crippen LogP contribution is 2.27. The first-order chi connectivity index (χ1) is 12.7. The van der Waals surface area contributed by atoms with Crippen molar-refractivity contribution in [3.05, 3.63) is 53.6 Å². The highest BCUT2D eigenvalue weighted by atomic mass is 35.5. The second kappa shape index (κ2) is 7.25. The molecule has 3 aromatic rings. The second-order valence-corrected chi connectivity index (χ2v) is 6.46. The van der Waals surface area contributed by atoms with Crippen molar-refractivity contribution in [3.8, 4) is 17.1 Å². The lowest BCUT2D eigenvalue weighted by atomic mass is 10.2. The van der Waals surface area contributed by atoms with Gasteiger partial charge in [-0.25, -0.2) is 0 Å². The number of piperazine rings is 1. The number of anilines is 2. The van der Waals surface area contributed by atoms with Gasteiger partial charge in [0.1, 0.15) is 5.75 Å². The molecular weight excluding hydrogens is 352 g/mol. The summed E-state index contributed by atoms with van der Waals surface area (Å²) in [5.74, 6) is 1.38. The third kappa shape index (κ3) is 3.32. The van der Waals surface area contributed by atoms with Gasteiger partial charge >= 0.3 is 6.01 Å². The van der Waals surface area contributed by atoms with Gasteiger partial charge in [0, 0.05) is 31.7 Å². The minimum Gasteiger partial charge on any atom is -0.497 e. The van der Waals surface area contributed by atoms with E-state index in [1.54, 1.807) is 7.11 Å². The van der Waals surface area contributed by atoms with Crippen LogP contribution in [0.2, 0.25) is 5.02 Å². The van der Waals surface area contributed by atoms with Crippen LogP contribution in [-0.2, 0) is 0 Å². The molecule has 2 aromatic carbocycles. The Labute approximate surface area is 156 Å². The van der Waals surface area contributed by atoms with Crippen molar-refractivity contribution < 1.29 is 9.26 Å². The molecule has 7 heteroatoms. The Morgan fingerprint density at radius 1 is 0.962 bits per heavy atom. The van der Waals surface area contributed by atoms with E-state index >= 15 is 0 Å². The topological polar surface area (TPSA) is 54.6 Å². The molecule has 0 spiro atoms. The maximum atomic E-state index is 6.30. The SMILES string of the molecule is COc1ccc(-c2noc(N3CCN(c4ccccc4Cl)CC3)n2)cc1. The molecule has 0 amide bonds. The van der Waals surface area contributed by atoms with E-state index in [1.807, 2.05) is 48.5 Å². The molecule has 0 saturated carbocycles. The summed E-state index contributed by atoms with van der Waals surface area (Å²) < 4.78 is 10.6. The number of halogens is 1. The molecule has 0 unspecified atom stereocenters. The first-order valence-electron chi connectivity index (χ1n) is 8.47. The molecular formula is C19H19ClN4O2. The monoisotopic (exact) mass is 370 g/mol. The minimum atomic E-state index is 0.551. The summed E-state index contributed by atoms with van der Waals surface area (Å²) >= 11 is 6.30. The molecule has 0 aliphatic carbocycles. The zero-order valence-corrected chi connectivity index (χ0v) is 15.2. The molecule has 0 radical (unpaired) electrons. The molecule has 2 heterocycles. The van der Waals surface area contributed by atoms with E-state index in [0.29, 0.717) is 11.8 Å². The summed E-state index contributed by atoms with van der Waals surface area (Å²) in [6.07, 6.45) is 0. The van der Waals surface area contributed by atoms with Gasteiger partial charge < -0.3 is 19.1 Å². The van der Waals surface area contributed by atoms with E-state index in [-0.39, 0.29) is 0 Å². The van der Waals surface area contributed by atoms with E-state index in [1.165, 1.54) is 0 Å². The summed E-state index contributed by atoms with van der Waals surface area (Å²) in [4.78, 5) is 8.92. The Bertz CT molecular complexity index is 873. The van der Waals surface area contributed by atoms with Gasteiger partial charge in [-0.2, -0.15) is 4.98 Å². The number of hydrogen-bond donors (Lipinski definition) is 0. The van der Waals surface area contributed by atoms with E-state index in [2.05, 4.69) is 19.9 Å². The van der Waals surface area contributed by atoms with Crippen molar-refractivity contribution in [3.63, 3.8) is 0 Å². The van der Waals surface area contributed by atoms with Crippen LogP contribution >= 0.6 is 11.6 Å². The normalized spacial score (nSPS) is 14.5. The third-order valence-corrected chi connectivity index (χ3v) is 4.83. The Hall–Kier alpha value is -2.73. The molecule has 0 atom stereocenters. The lowest BCUT2D eigenvalue weighted by Crippen LogP contribution is -2.46. The van der Waals surface area contributed by atoms with Crippen LogP contribution < -0.4 is 14.5 Å². The molecule has 134 valence electrons. The van der Waals surface area contributed by atoms with Crippen LogP contribution in [-0.4, -0.2) is 43.4 Å². The first kappa shape index (κ1) is 16.7. The number of aromatic nitrogens is 2. The maximum Gasteiger partial charge on any atom is 0.324 e. The average Bonchev–Trinajstić information content (AvgIpc) is 3.19. The number of hydrogen-bond acceptors (Lipinski definition) is 6. The van der Waals surface area contributed by atoms with Gasteiger partial charge in [-0.15, -0.1) is 0 Å². The third-order valence-electron chi connectivity index (χ3n) is 4.51. The van der Waals surface area contributed by atoms with Crippen molar-refractivity contribution in [2.24, 2.45) is 0 Å². The molecule has 4 rings (SSSR count). The summed E-state index contributed by atoms with van der Waals surface area (Å²) in [6, 6.07) is 16.1. The van der Waals surface area contributed by atoms with E-state index in [9.17, 15) is 0 Å². The van der Waals surface area contributed by atoms with E-state index in [0.717, 1.165) is 48.2 Å². The van der Waals surface area contributed by atoms with Crippen molar-refractivity contribution >= 4 is 23.3 Å². The summed E-state index contributed by atoms with van der Waals surface area (Å²) in [5.41, 5.74) is 1.97. The predicted molar refractivity (Wildman–Crippen MR) is 102 cm³/mol. The van der Waals surface area contributed by atoms with E-state index in [4.69, 9.17) is 20.9 Å². The number of methoxy groups -OCH3 is 1. The van der Waals surface area contributed by atoms with Crippen molar-refractivity contribution in [1.82, 2.24) is 10.1 Å². The Balaban J connectivity index is 1.43. The van der Waals surface area contributed by atoms with Crippen molar-refractivity contribution in [1.29, 1.82) is 0 Å². The Morgan fingerprint density at radius 3 is 2.35 bits per heavy atom. The van der Waals surface area contributed by atoms with Crippen molar-refractivity contribution in [2.45, 2.75) is 0 Å². The van der Waals surface area contributed by atoms with Gasteiger partial charge in [0.15, 0.2) is 0 Å². The number of para-hydroxylation sites is 1. The molecule has 6 nitrogen and oxygen atoms in total. The van der Waals surface area contributed by atoms with Crippen LogP contribution in [0.5, 0.6) is 5.75 Å². The van der Waals surface area contributed by atoms with Crippen LogP contribution in [0.15, 0.2) is 53.1 Å². The fourth-order valence-corrected chi connectivity index (χ4v) is 3.30. The number of ether oxygens (including phenoxy) is 1. The predicted octanol–water partition coefficient (Wildman–Crippen LogP) is 3.73. The molecule has 1 aliphatic heterocycles. The molecule has 0 bridgehead atoms. The molecule has 1 aromatic heterocycles. The van der Waals surface area contributed by atoms with E-state index < -0.39 is 0 Å². The quantitative estimate of drug-likeness (QED) is 0.697. The van der Waals surface area contributed by atoms with Gasteiger partial charge in [0.2, 0.25) is 5.82 Å². The van der Waals surface area contributed by atoms with Gasteiger partial charge in [0.25, 0.3) is 0 Å². The summed E-state index contributed by atoms with van der Waals surface area (Å²) in [5, 5.41) is 4.88. The lowest BCUT2D eigenvalue weighted by molar-refractivity contribution is 0.409. The number of benzene rings is 2. The lowest BCUT2D eigenvalue weighted by Gasteiger charge is -2.35. The maximum absolute atomic E-state index is 6.30. The summed E-state index contributed by atoms with van der Waals surface area (Å²) in [7, 11) is 1.64. The molecule has 26 heavy (non-hydrogen) atoms. The van der Waals surface area contributed by atoms with Crippen molar-refractivity contribution in [2.75, 3.05) is 43.1 Å². The Morgan fingerprint density at radius 2 is 1.65 bits per heavy atom. The highest BCUT2D eigenvalue weighted by molar-refractivity contribution is 6.33. The zero-order chi connectivity index (χ0) is 17.9. The Kier molecular flexibility index (Phi) is 4.67. The van der Waals surface area contributed by atoms with Crippen LogP contribution in [0.1, 0.15) is 0 Å². The standard InChI is InChI=1S/C19H19ClN4O2/c1-25-15-8-6-14(7-9-15)18-21-19(26-22-18)24-12-10-23(11-13-24)17-5-3-2-4-16(17)20/h2-9H,10-13H2,1H3. The minimum absolute atomic E-state index is 0.551. The zero-order valence-electron chi connectivity index (χ0n) is 14.4. The van der Waals surface area contributed by atoms with Crippen LogP contribution in [0.4, 0.5) is 11.7 Å². The van der Waals surface area contributed by atoms with Crippen LogP contribution in [0, 0.1) is 0 Å². The van der Waals surface area contributed by atoms with Gasteiger partial charge in [-0.3, -0.25) is 0 Å². The fourth-order valence-electron chi connectivity index (χ4n) is 3.05. The molecule has 1 aliphatic rings. The highest BCUT2D eigenvalue weighted by Gasteiger charge is 2.23. The smallest absolute Gasteiger partial charge is 0.324 e.